The van der Waals surface area contributed by atoms with Gasteiger partial charge in [-0.3, -0.25) is 0 Å². The van der Waals surface area contributed by atoms with Crippen molar-refractivity contribution in [2.45, 2.75) is 24.4 Å². The zero-order chi connectivity index (χ0) is 16.1. The number of likely N-dealkylation sites (tertiary alicyclic amines) is 1. The molecule has 0 aromatic carbocycles. The zero-order valence-electron chi connectivity index (χ0n) is 11.4. The summed E-state index contributed by atoms with van der Waals surface area (Å²) in [6.45, 7) is 0.988. The smallest absolute Gasteiger partial charge is 0.453 e. The van der Waals surface area contributed by atoms with Gasteiger partial charge in [-0.25, -0.2) is 17.9 Å². The van der Waals surface area contributed by atoms with Crippen LogP contribution in [0, 0.1) is 0 Å². The highest BCUT2D eigenvalue weighted by Gasteiger charge is 2.45. The maximum atomic E-state index is 12.1. The second-order valence-electron chi connectivity index (χ2n) is 4.60. The van der Waals surface area contributed by atoms with E-state index < -0.39 is 21.6 Å². The highest BCUT2D eigenvalue weighted by Crippen LogP contribution is 2.21. The third kappa shape index (κ3) is 5.67. The Bertz CT molecular complexity index is 447. The van der Waals surface area contributed by atoms with Crippen molar-refractivity contribution in [3.63, 3.8) is 0 Å². The van der Waals surface area contributed by atoms with Crippen molar-refractivity contribution in [1.82, 2.24) is 14.9 Å². The summed E-state index contributed by atoms with van der Waals surface area (Å²) in [5.41, 5.74) is -5.29. The molecule has 1 amide bonds. The standard InChI is InChI=1S/C10H18F3N3O4S/c1-20-9(17)15-8-2-5-16(6-3-8)7-4-14-21(18,19)10(11,12)13/h8,14H,2-7H2,1H3,(H,15,17). The van der Waals surface area contributed by atoms with E-state index in [0.717, 1.165) is 0 Å². The summed E-state index contributed by atoms with van der Waals surface area (Å²) in [5, 5.41) is 2.64. The Morgan fingerprint density at radius 2 is 1.90 bits per heavy atom. The molecule has 1 aliphatic rings. The van der Waals surface area contributed by atoms with Gasteiger partial charge in [0.2, 0.25) is 0 Å². The maximum Gasteiger partial charge on any atom is 0.511 e. The number of nitrogens with zero attached hydrogens (tertiary/aromatic N) is 1. The van der Waals surface area contributed by atoms with E-state index in [1.54, 1.807) is 0 Å². The van der Waals surface area contributed by atoms with Crippen molar-refractivity contribution >= 4 is 16.1 Å². The Morgan fingerprint density at radius 1 is 1.33 bits per heavy atom. The van der Waals surface area contributed by atoms with Gasteiger partial charge in [0.05, 0.1) is 7.11 Å². The van der Waals surface area contributed by atoms with Crippen LogP contribution in [0.1, 0.15) is 12.8 Å². The fraction of sp³-hybridized carbons (Fsp3) is 0.900. The summed E-state index contributed by atoms with van der Waals surface area (Å²) >= 11 is 0. The van der Waals surface area contributed by atoms with Crippen LogP contribution in [0.2, 0.25) is 0 Å². The second kappa shape index (κ2) is 7.27. The molecule has 0 aliphatic carbocycles. The Morgan fingerprint density at radius 3 is 2.38 bits per heavy atom. The fourth-order valence-electron chi connectivity index (χ4n) is 1.95. The van der Waals surface area contributed by atoms with Crippen LogP contribution in [0.4, 0.5) is 18.0 Å². The molecular formula is C10H18F3N3O4S. The van der Waals surface area contributed by atoms with Crippen LogP contribution in [0.25, 0.3) is 0 Å². The van der Waals surface area contributed by atoms with Crippen molar-refractivity contribution in [2.24, 2.45) is 0 Å². The van der Waals surface area contributed by atoms with Gasteiger partial charge < -0.3 is 15.0 Å². The van der Waals surface area contributed by atoms with Gasteiger partial charge in [-0.1, -0.05) is 0 Å². The maximum absolute atomic E-state index is 12.1. The third-order valence-corrected chi connectivity index (χ3v) is 4.31. The number of methoxy groups -OCH3 is 1. The van der Waals surface area contributed by atoms with Crippen LogP contribution in [0.5, 0.6) is 0 Å². The molecule has 1 fully saturated rings. The number of carbonyl (C=O) groups is 1. The van der Waals surface area contributed by atoms with Crippen molar-refractivity contribution in [3.05, 3.63) is 0 Å². The Hall–Kier alpha value is -1.07. The summed E-state index contributed by atoms with van der Waals surface area (Å²) in [6.07, 6.45) is 0.730. The van der Waals surface area contributed by atoms with Gasteiger partial charge in [0.25, 0.3) is 0 Å². The Balaban J connectivity index is 2.27. The molecule has 0 radical (unpaired) electrons. The molecule has 124 valence electrons. The largest absolute Gasteiger partial charge is 0.511 e. The van der Waals surface area contributed by atoms with Crippen molar-refractivity contribution in [1.29, 1.82) is 0 Å². The molecule has 0 saturated carbocycles. The number of piperidine rings is 1. The first kappa shape index (κ1) is 18.0. The molecule has 2 N–H and O–H groups in total. The van der Waals surface area contributed by atoms with Crippen LogP contribution >= 0.6 is 0 Å². The molecule has 0 spiro atoms. The van der Waals surface area contributed by atoms with Crippen LogP contribution < -0.4 is 10.0 Å². The summed E-state index contributed by atoms with van der Waals surface area (Å²) < 4.78 is 63.8. The van der Waals surface area contributed by atoms with E-state index in [2.05, 4.69) is 10.1 Å². The highest BCUT2D eigenvalue weighted by molar-refractivity contribution is 7.90. The Kier molecular flexibility index (Phi) is 6.23. The molecule has 0 aromatic heterocycles. The number of hydrogen-bond acceptors (Lipinski definition) is 5. The molecule has 21 heavy (non-hydrogen) atoms. The summed E-state index contributed by atoms with van der Waals surface area (Å²) in [7, 11) is -4.02. The van der Waals surface area contributed by atoms with E-state index in [0.29, 0.717) is 25.9 Å². The minimum atomic E-state index is -5.29. The van der Waals surface area contributed by atoms with Crippen LogP contribution in [0.15, 0.2) is 0 Å². The lowest BCUT2D eigenvalue weighted by Crippen LogP contribution is -2.47. The topological polar surface area (TPSA) is 87.7 Å². The van der Waals surface area contributed by atoms with Gasteiger partial charge >= 0.3 is 21.6 Å². The zero-order valence-corrected chi connectivity index (χ0v) is 12.3. The molecule has 0 unspecified atom stereocenters. The monoisotopic (exact) mass is 333 g/mol. The van der Waals surface area contributed by atoms with Crippen molar-refractivity contribution in [2.75, 3.05) is 33.3 Å². The lowest BCUT2D eigenvalue weighted by atomic mass is 10.1. The number of nitrogens with one attached hydrogen (secondary N) is 2. The third-order valence-electron chi connectivity index (χ3n) is 3.12. The molecule has 0 bridgehead atoms. The quantitative estimate of drug-likeness (QED) is 0.753. The highest BCUT2D eigenvalue weighted by atomic mass is 32.2. The van der Waals surface area contributed by atoms with E-state index >= 15 is 0 Å². The summed E-state index contributed by atoms with van der Waals surface area (Å²) in [4.78, 5) is 12.8. The van der Waals surface area contributed by atoms with Crippen LogP contribution in [0.3, 0.4) is 0 Å². The van der Waals surface area contributed by atoms with Gasteiger partial charge in [-0.2, -0.15) is 13.2 Å². The molecule has 1 rings (SSSR count). The molecule has 0 atom stereocenters. The number of amides is 1. The van der Waals surface area contributed by atoms with E-state index in [9.17, 15) is 26.4 Å². The first-order valence-corrected chi connectivity index (χ1v) is 7.77. The van der Waals surface area contributed by atoms with E-state index in [1.165, 1.54) is 11.8 Å². The number of sulfonamides is 1. The van der Waals surface area contributed by atoms with Gasteiger partial charge in [-0.05, 0) is 12.8 Å². The van der Waals surface area contributed by atoms with E-state index in [1.807, 2.05) is 4.90 Å². The number of halogens is 3. The molecule has 0 aromatic rings. The van der Waals surface area contributed by atoms with Gasteiger partial charge in [0, 0.05) is 32.2 Å². The number of hydrogen-bond donors (Lipinski definition) is 2. The minimum Gasteiger partial charge on any atom is -0.453 e. The first-order chi connectivity index (χ1) is 9.65. The molecule has 7 nitrogen and oxygen atoms in total. The fourth-order valence-corrected chi connectivity index (χ4v) is 2.47. The van der Waals surface area contributed by atoms with Gasteiger partial charge in [-0.15, -0.1) is 0 Å². The minimum absolute atomic E-state index is 0.0411. The number of alkyl carbamates (subject to hydrolysis) is 1. The molecule has 11 heteroatoms. The molecule has 1 aliphatic heterocycles. The van der Waals surface area contributed by atoms with E-state index in [-0.39, 0.29) is 19.1 Å². The van der Waals surface area contributed by atoms with Gasteiger partial charge in [0.1, 0.15) is 0 Å². The van der Waals surface area contributed by atoms with Gasteiger partial charge in [0.15, 0.2) is 0 Å². The predicted molar refractivity (Wildman–Crippen MR) is 68.0 cm³/mol. The number of rotatable bonds is 5. The van der Waals surface area contributed by atoms with Crippen LogP contribution in [-0.4, -0.2) is 64.2 Å². The number of carbonyl (C=O) groups excluding carboxylic acids is 1. The van der Waals surface area contributed by atoms with Crippen LogP contribution in [-0.2, 0) is 14.8 Å². The Labute approximate surface area is 120 Å². The van der Waals surface area contributed by atoms with Crippen molar-refractivity contribution < 1.29 is 31.1 Å². The van der Waals surface area contributed by atoms with E-state index in [4.69, 9.17) is 0 Å². The average Bonchev–Trinajstić information content (AvgIpc) is 2.39. The average molecular weight is 333 g/mol. The molecule has 1 saturated heterocycles. The summed E-state index contributed by atoms with van der Waals surface area (Å²) in [5.74, 6) is 0. The normalized spacial score (nSPS) is 18.5. The second-order valence-corrected chi connectivity index (χ2v) is 6.35. The number of alkyl halides is 3. The SMILES string of the molecule is COC(=O)NC1CCN(CCNS(=O)(=O)C(F)(F)F)CC1. The predicted octanol–water partition coefficient (Wildman–Crippen LogP) is 0.246. The molecular weight excluding hydrogens is 315 g/mol. The van der Waals surface area contributed by atoms with Crippen molar-refractivity contribution in [3.8, 4) is 0 Å². The summed E-state index contributed by atoms with van der Waals surface area (Å²) in [6, 6.07) is -0.0411. The molecule has 1 heterocycles. The number of ether oxygens (including phenoxy) is 1. The first-order valence-electron chi connectivity index (χ1n) is 6.28. The lowest BCUT2D eigenvalue weighted by Gasteiger charge is -2.31. The lowest BCUT2D eigenvalue weighted by molar-refractivity contribution is -0.0448.